The highest BCUT2D eigenvalue weighted by molar-refractivity contribution is 7.92. The lowest BCUT2D eigenvalue weighted by molar-refractivity contribution is -0.137. The van der Waals surface area contributed by atoms with Gasteiger partial charge in [-0.3, -0.25) is 14.1 Å². The first-order valence-corrected chi connectivity index (χ1v) is 12.3. The Labute approximate surface area is 208 Å². The first-order chi connectivity index (χ1) is 16.4. The van der Waals surface area contributed by atoms with Crippen LogP contribution in [0.4, 0.5) is 24.5 Å². The summed E-state index contributed by atoms with van der Waals surface area (Å²) in [5.74, 6) is -0.651. The lowest BCUT2D eigenvalue weighted by Gasteiger charge is -2.33. The number of hydrogen-bond acceptors (Lipinski definition) is 5. The van der Waals surface area contributed by atoms with Crippen molar-refractivity contribution in [3.63, 3.8) is 0 Å². The van der Waals surface area contributed by atoms with Crippen molar-refractivity contribution in [3.05, 3.63) is 81.6 Å². The average Bonchev–Trinajstić information content (AvgIpc) is 2.78. The quantitative estimate of drug-likeness (QED) is 0.493. The summed E-state index contributed by atoms with van der Waals surface area (Å²) in [5, 5.41) is 2.79. The number of amides is 1. The number of carbonyl (C=O) groups excluding carboxylic acids is 1. The summed E-state index contributed by atoms with van der Waals surface area (Å²) in [5.41, 5.74) is 5.47. The highest BCUT2D eigenvalue weighted by Crippen LogP contribution is 2.35. The summed E-state index contributed by atoms with van der Waals surface area (Å²) >= 11 is 12.2. The van der Waals surface area contributed by atoms with E-state index in [4.69, 9.17) is 28.9 Å². The van der Waals surface area contributed by atoms with Gasteiger partial charge in [-0.25, -0.2) is 8.42 Å². The fourth-order valence-corrected chi connectivity index (χ4v) is 5.80. The van der Waals surface area contributed by atoms with Crippen LogP contribution in [0.15, 0.2) is 59.6 Å². The van der Waals surface area contributed by atoms with Gasteiger partial charge in [0.1, 0.15) is 0 Å². The minimum atomic E-state index is -4.72. The number of nitrogens with one attached hydrogen (secondary N) is 1. The molecule has 7 nitrogen and oxygen atoms in total. The average molecular weight is 545 g/mol. The number of fused-ring (bicyclic) bond motifs is 1. The zero-order valence-electron chi connectivity index (χ0n) is 17.7. The zero-order chi connectivity index (χ0) is 25.5. The van der Waals surface area contributed by atoms with Crippen molar-refractivity contribution < 1.29 is 26.4 Å². The highest BCUT2D eigenvalue weighted by Gasteiger charge is 2.36. The second-order valence-electron chi connectivity index (χ2n) is 7.77. The van der Waals surface area contributed by atoms with Crippen molar-refractivity contribution in [3.8, 4) is 0 Å². The van der Waals surface area contributed by atoms with E-state index in [0.717, 1.165) is 22.5 Å². The molecule has 0 fully saturated rings. The molecular formula is C22H17Cl2F3N4O3S. The van der Waals surface area contributed by atoms with Gasteiger partial charge in [0.2, 0.25) is 0 Å². The van der Waals surface area contributed by atoms with E-state index in [1.54, 1.807) is 6.07 Å². The van der Waals surface area contributed by atoms with Gasteiger partial charge in [0, 0.05) is 19.0 Å². The number of anilines is 2. The van der Waals surface area contributed by atoms with E-state index in [2.05, 4.69) is 10.3 Å². The number of aromatic nitrogens is 1. The van der Waals surface area contributed by atoms with E-state index in [9.17, 15) is 26.4 Å². The minimum Gasteiger partial charge on any atom is -0.326 e. The predicted octanol–water partition coefficient (Wildman–Crippen LogP) is 4.74. The lowest BCUT2D eigenvalue weighted by atomic mass is 10.1. The molecule has 184 valence electrons. The Morgan fingerprint density at radius 3 is 2.43 bits per heavy atom. The lowest BCUT2D eigenvalue weighted by Crippen LogP contribution is -2.46. The van der Waals surface area contributed by atoms with Crippen molar-refractivity contribution in [2.75, 3.05) is 16.2 Å². The number of sulfonamides is 1. The predicted molar refractivity (Wildman–Crippen MR) is 126 cm³/mol. The topological polar surface area (TPSA) is 105 Å². The largest absolute Gasteiger partial charge is 0.416 e. The first kappa shape index (κ1) is 25.2. The number of benzene rings is 2. The Morgan fingerprint density at radius 2 is 1.77 bits per heavy atom. The maximum absolute atomic E-state index is 13.4. The van der Waals surface area contributed by atoms with Crippen LogP contribution in [0.1, 0.15) is 21.6 Å². The van der Waals surface area contributed by atoms with Crippen molar-refractivity contribution >= 4 is 50.5 Å². The normalized spacial score (nSPS) is 16.1. The molecular weight excluding hydrogens is 528 g/mol. The molecule has 4 rings (SSSR count). The SMILES string of the molecule is N[C@H]1Cc2ncc(NC(=O)c3c(Cl)cccc3Cl)cc2N(S(=O)(=O)c2cccc(C(F)(F)F)c2)C1. The number of alkyl halides is 3. The molecule has 0 aliphatic carbocycles. The van der Waals surface area contributed by atoms with E-state index in [1.807, 2.05) is 0 Å². The van der Waals surface area contributed by atoms with E-state index >= 15 is 0 Å². The number of hydrogen-bond donors (Lipinski definition) is 2. The minimum absolute atomic E-state index is 0.0176. The second kappa shape index (κ2) is 9.30. The van der Waals surface area contributed by atoms with E-state index in [-0.39, 0.29) is 39.9 Å². The third kappa shape index (κ3) is 5.08. The van der Waals surface area contributed by atoms with Gasteiger partial charge in [-0.1, -0.05) is 35.3 Å². The second-order valence-corrected chi connectivity index (χ2v) is 10.4. The number of rotatable bonds is 4. The summed E-state index contributed by atoms with van der Waals surface area (Å²) in [6, 6.07) is 8.70. The number of halogens is 5. The van der Waals surface area contributed by atoms with Crippen LogP contribution in [0.2, 0.25) is 10.0 Å². The summed E-state index contributed by atoms with van der Waals surface area (Å²) in [7, 11) is -4.44. The molecule has 1 aromatic heterocycles. The molecule has 1 atom stereocenters. The maximum Gasteiger partial charge on any atom is 0.416 e. The molecule has 1 amide bonds. The molecule has 0 spiro atoms. The molecule has 0 saturated carbocycles. The van der Waals surface area contributed by atoms with Crippen LogP contribution in [-0.2, 0) is 22.6 Å². The van der Waals surface area contributed by atoms with Crippen LogP contribution >= 0.6 is 23.2 Å². The fraction of sp³-hybridized carbons (Fsp3) is 0.182. The third-order valence-corrected chi connectivity index (χ3v) is 7.67. The highest BCUT2D eigenvalue weighted by atomic mass is 35.5. The van der Waals surface area contributed by atoms with Gasteiger partial charge in [0.15, 0.2) is 0 Å². The van der Waals surface area contributed by atoms with Gasteiger partial charge in [-0.15, -0.1) is 0 Å². The van der Waals surface area contributed by atoms with Gasteiger partial charge in [-0.05, 0) is 36.4 Å². The number of nitrogens with two attached hydrogens (primary N) is 1. The maximum atomic E-state index is 13.4. The zero-order valence-corrected chi connectivity index (χ0v) is 20.0. The van der Waals surface area contributed by atoms with E-state index in [1.165, 1.54) is 24.4 Å². The van der Waals surface area contributed by atoms with E-state index in [0.29, 0.717) is 11.8 Å². The van der Waals surface area contributed by atoms with Gasteiger partial charge in [0.05, 0.1) is 49.3 Å². The number of carbonyl (C=O) groups is 1. The van der Waals surface area contributed by atoms with Crippen LogP contribution in [-0.4, -0.2) is 31.9 Å². The number of pyridine rings is 1. The standard InChI is InChI=1S/C22H17Cl2F3N4O3S/c23-16-5-2-6-17(24)20(16)21(32)30-14-9-19-18(29-10-14)8-13(28)11-31(19)35(33,34)15-4-1-3-12(7-15)22(25,26)27/h1-7,9-10,13H,8,11,28H2,(H,30,32)/t13-/m0/s1. The van der Waals surface area contributed by atoms with Gasteiger partial charge in [0.25, 0.3) is 15.9 Å². The Hall–Kier alpha value is -2.86. The van der Waals surface area contributed by atoms with Crippen LogP contribution in [0.25, 0.3) is 0 Å². The Bertz CT molecular complexity index is 1400. The summed E-state index contributed by atoms with van der Waals surface area (Å²) in [4.78, 5) is 16.4. The van der Waals surface area contributed by atoms with Crippen LogP contribution in [0.3, 0.4) is 0 Å². The molecule has 0 unspecified atom stereocenters. The van der Waals surface area contributed by atoms with E-state index < -0.39 is 38.6 Å². The fourth-order valence-electron chi connectivity index (χ4n) is 3.64. The molecule has 2 heterocycles. The Kier molecular flexibility index (Phi) is 6.71. The molecule has 2 aromatic carbocycles. The third-order valence-electron chi connectivity index (χ3n) is 5.27. The van der Waals surface area contributed by atoms with Crippen LogP contribution in [0.5, 0.6) is 0 Å². The Balaban J connectivity index is 1.72. The summed E-state index contributed by atoms with van der Waals surface area (Å²) < 4.78 is 67.2. The molecule has 0 saturated heterocycles. The van der Waals surface area contributed by atoms with Crippen molar-refractivity contribution in [2.24, 2.45) is 5.73 Å². The smallest absolute Gasteiger partial charge is 0.326 e. The molecule has 3 N–H and O–H groups in total. The first-order valence-electron chi connectivity index (χ1n) is 10.1. The van der Waals surface area contributed by atoms with Gasteiger partial charge in [-0.2, -0.15) is 13.2 Å². The molecule has 1 aliphatic heterocycles. The van der Waals surface area contributed by atoms with Crippen LogP contribution in [0, 0.1) is 0 Å². The van der Waals surface area contributed by atoms with Gasteiger partial charge >= 0.3 is 6.18 Å². The summed E-state index contributed by atoms with van der Waals surface area (Å²) in [6.45, 7) is -0.193. The molecule has 1 aliphatic rings. The summed E-state index contributed by atoms with van der Waals surface area (Å²) in [6.07, 6.45) is -3.18. The van der Waals surface area contributed by atoms with Crippen molar-refractivity contribution in [2.45, 2.75) is 23.5 Å². The van der Waals surface area contributed by atoms with Crippen molar-refractivity contribution in [1.29, 1.82) is 0 Å². The Morgan fingerprint density at radius 1 is 1.11 bits per heavy atom. The molecule has 0 bridgehead atoms. The monoisotopic (exact) mass is 544 g/mol. The van der Waals surface area contributed by atoms with Gasteiger partial charge < -0.3 is 11.1 Å². The van der Waals surface area contributed by atoms with Crippen LogP contribution < -0.4 is 15.4 Å². The number of nitrogens with zero attached hydrogens (tertiary/aromatic N) is 2. The molecule has 13 heteroatoms. The molecule has 0 radical (unpaired) electrons. The van der Waals surface area contributed by atoms with Crippen molar-refractivity contribution in [1.82, 2.24) is 4.98 Å². The molecule has 35 heavy (non-hydrogen) atoms. The molecule has 3 aromatic rings.